The van der Waals surface area contributed by atoms with Gasteiger partial charge in [0, 0.05) is 34.4 Å². The minimum atomic E-state index is -0.318. The van der Waals surface area contributed by atoms with Gasteiger partial charge in [-0.3, -0.25) is 9.78 Å². The normalized spacial score (nSPS) is 20.1. The number of benzene rings is 1. The lowest BCUT2D eigenvalue weighted by Gasteiger charge is -2.08. The van der Waals surface area contributed by atoms with Crippen molar-refractivity contribution < 1.29 is 9.18 Å². The van der Waals surface area contributed by atoms with E-state index in [2.05, 4.69) is 10.3 Å². The molecule has 0 bridgehead atoms. The Morgan fingerprint density at radius 2 is 2.19 bits per heavy atom. The first kappa shape index (κ1) is 14.0. The smallest absolute Gasteiger partial charge is 0.253 e. The van der Waals surface area contributed by atoms with Gasteiger partial charge in [0.15, 0.2) is 0 Å². The average molecular weight is 305 g/mol. The molecule has 2 aromatic rings. The van der Waals surface area contributed by atoms with Gasteiger partial charge in [-0.15, -0.1) is 0 Å². The fourth-order valence-electron chi connectivity index (χ4n) is 2.51. The van der Waals surface area contributed by atoms with Gasteiger partial charge in [-0.2, -0.15) is 0 Å². The summed E-state index contributed by atoms with van der Waals surface area (Å²) in [7, 11) is 0. The molecule has 0 aliphatic heterocycles. The van der Waals surface area contributed by atoms with E-state index >= 15 is 0 Å². The number of nitrogens with zero attached hydrogens (tertiary/aromatic N) is 1. The Morgan fingerprint density at radius 1 is 1.38 bits per heavy atom. The Balaban J connectivity index is 1.72. The van der Waals surface area contributed by atoms with Gasteiger partial charge >= 0.3 is 0 Å². The molecule has 1 fully saturated rings. The van der Waals surface area contributed by atoms with Crippen LogP contribution in [0.4, 0.5) is 4.39 Å². The molecule has 1 aromatic heterocycles. The summed E-state index contributed by atoms with van der Waals surface area (Å²) >= 11 is 6.05. The summed E-state index contributed by atoms with van der Waals surface area (Å²) in [6.45, 7) is 1.78. The van der Waals surface area contributed by atoms with Crippen LogP contribution in [0.5, 0.6) is 0 Å². The van der Waals surface area contributed by atoms with Crippen molar-refractivity contribution >= 4 is 17.5 Å². The Morgan fingerprint density at radius 3 is 2.90 bits per heavy atom. The molecule has 108 valence electrons. The number of rotatable bonds is 3. The number of nitrogens with one attached hydrogen (secondary N) is 1. The number of hydrogen-bond acceptors (Lipinski definition) is 2. The van der Waals surface area contributed by atoms with Gasteiger partial charge in [0.25, 0.3) is 5.91 Å². The topological polar surface area (TPSA) is 42.0 Å². The number of hydrogen-bond donors (Lipinski definition) is 1. The molecule has 1 amide bonds. The first-order valence-electron chi connectivity index (χ1n) is 6.74. The van der Waals surface area contributed by atoms with Crippen molar-refractivity contribution in [3.8, 4) is 0 Å². The molecule has 1 saturated carbocycles. The van der Waals surface area contributed by atoms with Gasteiger partial charge < -0.3 is 5.32 Å². The highest BCUT2D eigenvalue weighted by atomic mass is 35.5. The Labute approximate surface area is 127 Å². The van der Waals surface area contributed by atoms with Crippen LogP contribution in [0, 0.1) is 12.7 Å². The molecule has 2 atom stereocenters. The van der Waals surface area contributed by atoms with Crippen LogP contribution in [0.2, 0.25) is 5.02 Å². The molecule has 0 radical (unpaired) electrons. The van der Waals surface area contributed by atoms with Gasteiger partial charge in [0.05, 0.1) is 5.56 Å². The zero-order chi connectivity index (χ0) is 15.0. The molecule has 3 rings (SSSR count). The van der Waals surface area contributed by atoms with Crippen LogP contribution in [0.15, 0.2) is 36.5 Å². The van der Waals surface area contributed by atoms with Gasteiger partial charge in [0.2, 0.25) is 0 Å². The predicted octanol–water partition coefficient (Wildman–Crippen LogP) is 3.47. The Kier molecular flexibility index (Phi) is 3.64. The van der Waals surface area contributed by atoms with Crippen molar-refractivity contribution in [2.75, 3.05) is 0 Å². The standard InChI is InChI=1S/C16H14ClFN2O/c1-9-10(4-3-7-19-9)16(21)20-14-8-11(14)15-12(17)5-2-6-13(15)18/h2-7,11,14H,8H2,1H3,(H,20,21)/t11-,14-/m1/s1. The quantitative estimate of drug-likeness (QED) is 0.943. The van der Waals surface area contributed by atoms with Crippen LogP contribution in [-0.4, -0.2) is 16.9 Å². The monoisotopic (exact) mass is 304 g/mol. The number of amides is 1. The highest BCUT2D eigenvalue weighted by molar-refractivity contribution is 6.31. The van der Waals surface area contributed by atoms with Gasteiger partial charge in [0.1, 0.15) is 5.82 Å². The first-order chi connectivity index (χ1) is 10.1. The van der Waals surface area contributed by atoms with Crippen LogP contribution < -0.4 is 5.32 Å². The highest BCUT2D eigenvalue weighted by Gasteiger charge is 2.42. The highest BCUT2D eigenvalue weighted by Crippen LogP contribution is 2.45. The molecule has 1 aliphatic rings. The minimum absolute atomic E-state index is 0.0559. The van der Waals surface area contributed by atoms with E-state index in [-0.39, 0.29) is 23.7 Å². The molecule has 1 aliphatic carbocycles. The van der Waals surface area contributed by atoms with Crippen LogP contribution in [-0.2, 0) is 0 Å². The van der Waals surface area contributed by atoms with Crippen LogP contribution in [0.3, 0.4) is 0 Å². The summed E-state index contributed by atoms with van der Waals surface area (Å²) in [6.07, 6.45) is 2.34. The fourth-order valence-corrected chi connectivity index (χ4v) is 2.81. The lowest BCUT2D eigenvalue weighted by molar-refractivity contribution is 0.0949. The number of aromatic nitrogens is 1. The third-order valence-electron chi connectivity index (χ3n) is 3.73. The minimum Gasteiger partial charge on any atom is -0.349 e. The van der Waals surface area contributed by atoms with E-state index in [4.69, 9.17) is 11.6 Å². The summed E-state index contributed by atoms with van der Waals surface area (Å²) in [6, 6.07) is 8.01. The van der Waals surface area contributed by atoms with E-state index in [0.717, 1.165) is 0 Å². The van der Waals surface area contributed by atoms with Gasteiger partial charge in [-0.05, 0) is 37.6 Å². The van der Waals surface area contributed by atoms with Crippen molar-refractivity contribution in [3.63, 3.8) is 0 Å². The maximum Gasteiger partial charge on any atom is 0.253 e. The molecule has 0 saturated heterocycles. The second-order valence-electron chi connectivity index (χ2n) is 5.19. The maximum atomic E-state index is 13.8. The van der Waals surface area contributed by atoms with Crippen molar-refractivity contribution in [1.29, 1.82) is 0 Å². The summed E-state index contributed by atoms with van der Waals surface area (Å²) < 4.78 is 13.8. The summed E-state index contributed by atoms with van der Waals surface area (Å²) in [5, 5.41) is 3.32. The number of carbonyl (C=O) groups excluding carboxylic acids is 1. The van der Waals surface area contributed by atoms with Gasteiger partial charge in [-0.25, -0.2) is 4.39 Å². The molecular weight excluding hydrogens is 291 g/mol. The van der Waals surface area contributed by atoms with Crippen molar-refractivity contribution in [3.05, 3.63) is 64.2 Å². The third kappa shape index (κ3) is 2.76. The summed E-state index contributed by atoms with van der Waals surface area (Å²) in [5.74, 6) is -0.554. The Hall–Kier alpha value is -1.94. The zero-order valence-electron chi connectivity index (χ0n) is 11.4. The average Bonchev–Trinajstić information content (AvgIpc) is 3.18. The SMILES string of the molecule is Cc1ncccc1C(=O)N[C@@H]1C[C@H]1c1c(F)cccc1Cl. The molecule has 3 nitrogen and oxygen atoms in total. The second-order valence-corrected chi connectivity index (χ2v) is 5.60. The van der Waals surface area contributed by atoms with Crippen LogP contribution in [0.1, 0.15) is 34.0 Å². The van der Waals surface area contributed by atoms with E-state index in [9.17, 15) is 9.18 Å². The molecule has 0 unspecified atom stereocenters. The van der Waals surface area contributed by atoms with E-state index in [1.165, 1.54) is 6.07 Å². The zero-order valence-corrected chi connectivity index (χ0v) is 12.2. The van der Waals surface area contributed by atoms with Crippen molar-refractivity contribution in [2.24, 2.45) is 0 Å². The Bertz CT molecular complexity index is 684. The number of aryl methyl sites for hydroxylation is 1. The lowest BCUT2D eigenvalue weighted by Crippen LogP contribution is -2.27. The summed E-state index contributed by atoms with van der Waals surface area (Å²) in [5.41, 5.74) is 1.71. The summed E-state index contributed by atoms with van der Waals surface area (Å²) in [4.78, 5) is 16.3. The predicted molar refractivity (Wildman–Crippen MR) is 79.0 cm³/mol. The number of pyridine rings is 1. The molecule has 21 heavy (non-hydrogen) atoms. The second kappa shape index (κ2) is 5.45. The van der Waals surface area contributed by atoms with Crippen LogP contribution in [0.25, 0.3) is 0 Å². The number of carbonyl (C=O) groups is 1. The first-order valence-corrected chi connectivity index (χ1v) is 7.12. The molecule has 1 aromatic carbocycles. The maximum absolute atomic E-state index is 13.8. The van der Waals surface area contributed by atoms with Crippen LogP contribution >= 0.6 is 11.6 Å². The third-order valence-corrected chi connectivity index (χ3v) is 4.06. The van der Waals surface area contributed by atoms with E-state index in [0.29, 0.717) is 28.3 Å². The number of halogens is 2. The van der Waals surface area contributed by atoms with Crippen molar-refractivity contribution in [1.82, 2.24) is 10.3 Å². The van der Waals surface area contributed by atoms with E-state index in [1.807, 2.05) is 0 Å². The molecular formula is C16H14ClFN2O. The molecule has 5 heteroatoms. The van der Waals surface area contributed by atoms with Gasteiger partial charge in [-0.1, -0.05) is 17.7 Å². The largest absolute Gasteiger partial charge is 0.349 e. The van der Waals surface area contributed by atoms with E-state index < -0.39 is 0 Å². The van der Waals surface area contributed by atoms with Crippen molar-refractivity contribution in [2.45, 2.75) is 25.3 Å². The van der Waals surface area contributed by atoms with E-state index in [1.54, 1.807) is 37.4 Å². The molecule has 1 heterocycles. The molecule has 0 spiro atoms. The lowest BCUT2D eigenvalue weighted by atomic mass is 10.1. The fraction of sp³-hybridized carbons (Fsp3) is 0.250. The molecule has 1 N–H and O–H groups in total.